The Kier molecular flexibility index (Phi) is 3.75. The van der Waals surface area contributed by atoms with E-state index in [2.05, 4.69) is 16.3 Å². The monoisotopic (exact) mass is 264 g/mol. The molecule has 5 nitrogen and oxygen atoms in total. The fourth-order valence-corrected chi connectivity index (χ4v) is 2.56. The summed E-state index contributed by atoms with van der Waals surface area (Å²) in [6, 6.07) is 6.02. The molecule has 1 unspecified atom stereocenters. The van der Waals surface area contributed by atoms with Gasteiger partial charge in [0.2, 0.25) is 0 Å². The number of piperazine rings is 1. The predicted octanol–water partition coefficient (Wildman–Crippen LogP) is 0.618. The van der Waals surface area contributed by atoms with Gasteiger partial charge in [-0.25, -0.2) is 0 Å². The van der Waals surface area contributed by atoms with E-state index >= 15 is 0 Å². The minimum atomic E-state index is -0.0541. The van der Waals surface area contributed by atoms with Crippen LogP contribution in [0.2, 0.25) is 0 Å². The third-order valence-corrected chi connectivity index (χ3v) is 3.58. The Morgan fingerprint density at radius 2 is 2.16 bits per heavy atom. The van der Waals surface area contributed by atoms with Crippen LogP contribution in [-0.2, 0) is 0 Å². The van der Waals surface area contributed by atoms with Gasteiger partial charge in [-0.1, -0.05) is 6.07 Å². The molecule has 5 heteroatoms. The van der Waals surface area contributed by atoms with Crippen molar-refractivity contribution in [2.45, 2.75) is 12.5 Å². The summed E-state index contributed by atoms with van der Waals surface area (Å²) in [6.45, 7) is 4.57. The van der Waals surface area contributed by atoms with Gasteiger partial charge in [-0.15, -0.1) is 0 Å². The first-order valence-electron chi connectivity index (χ1n) is 6.87. The highest BCUT2D eigenvalue weighted by Crippen LogP contribution is 2.41. The second-order valence-electron chi connectivity index (χ2n) is 4.90. The molecule has 1 saturated heterocycles. The standard InChI is InChI=1S/C14H20N2O3/c17-9-4-11-10-18-13-3-1-2-12(14(13)19-11)16-7-5-15-6-8-16/h1-3,11,15,17H,4-10H2. The van der Waals surface area contributed by atoms with Crippen LogP contribution in [0.1, 0.15) is 6.42 Å². The number of nitrogens with zero attached hydrogens (tertiary/aromatic N) is 1. The number of hydrogen-bond donors (Lipinski definition) is 2. The lowest BCUT2D eigenvalue weighted by Crippen LogP contribution is -2.44. The van der Waals surface area contributed by atoms with Crippen molar-refractivity contribution in [2.24, 2.45) is 0 Å². The lowest BCUT2D eigenvalue weighted by molar-refractivity contribution is 0.0708. The van der Waals surface area contributed by atoms with Crippen LogP contribution in [0, 0.1) is 0 Å². The van der Waals surface area contributed by atoms with Crippen LogP contribution < -0.4 is 19.7 Å². The number of nitrogens with one attached hydrogen (secondary N) is 1. The number of benzene rings is 1. The molecule has 0 spiro atoms. The van der Waals surface area contributed by atoms with Gasteiger partial charge in [0.05, 0.1) is 5.69 Å². The molecule has 19 heavy (non-hydrogen) atoms. The van der Waals surface area contributed by atoms with Crippen LogP contribution in [-0.4, -0.2) is 50.6 Å². The number of hydrogen-bond acceptors (Lipinski definition) is 5. The van der Waals surface area contributed by atoms with Crippen LogP contribution in [0.5, 0.6) is 11.5 Å². The molecule has 104 valence electrons. The second kappa shape index (κ2) is 5.67. The summed E-state index contributed by atoms with van der Waals surface area (Å²) in [5.41, 5.74) is 1.10. The van der Waals surface area contributed by atoms with E-state index in [0.717, 1.165) is 43.4 Å². The number of ether oxygens (including phenoxy) is 2. The first kappa shape index (κ1) is 12.6. The summed E-state index contributed by atoms with van der Waals surface area (Å²) in [4.78, 5) is 2.32. The van der Waals surface area contributed by atoms with Crippen LogP contribution in [0.4, 0.5) is 5.69 Å². The highest BCUT2D eigenvalue weighted by atomic mass is 16.6. The van der Waals surface area contributed by atoms with Crippen molar-refractivity contribution in [3.8, 4) is 11.5 Å². The van der Waals surface area contributed by atoms with Crippen molar-refractivity contribution < 1.29 is 14.6 Å². The molecule has 2 aliphatic heterocycles. The smallest absolute Gasteiger partial charge is 0.185 e. The first-order chi connectivity index (χ1) is 9.38. The van der Waals surface area contributed by atoms with Gasteiger partial charge in [-0.3, -0.25) is 0 Å². The number of anilines is 1. The SMILES string of the molecule is OCCC1COc2cccc(N3CCNCC3)c2O1. The van der Waals surface area contributed by atoms with E-state index in [0.29, 0.717) is 13.0 Å². The minimum absolute atomic E-state index is 0.0541. The van der Waals surface area contributed by atoms with E-state index in [1.54, 1.807) is 0 Å². The largest absolute Gasteiger partial charge is 0.486 e. The first-order valence-corrected chi connectivity index (χ1v) is 6.87. The summed E-state index contributed by atoms with van der Waals surface area (Å²) in [6.07, 6.45) is 0.552. The van der Waals surface area contributed by atoms with E-state index in [-0.39, 0.29) is 12.7 Å². The summed E-state index contributed by atoms with van der Waals surface area (Å²) >= 11 is 0. The molecule has 2 aliphatic rings. The second-order valence-corrected chi connectivity index (χ2v) is 4.90. The maximum Gasteiger partial charge on any atom is 0.185 e. The van der Waals surface area contributed by atoms with Crippen LogP contribution in [0.25, 0.3) is 0 Å². The third-order valence-electron chi connectivity index (χ3n) is 3.58. The highest BCUT2D eigenvalue weighted by molar-refractivity contribution is 5.65. The van der Waals surface area contributed by atoms with Crippen molar-refractivity contribution in [1.29, 1.82) is 0 Å². The number of aliphatic hydroxyl groups is 1. The van der Waals surface area contributed by atoms with Crippen LogP contribution >= 0.6 is 0 Å². The molecule has 1 atom stereocenters. The molecule has 0 amide bonds. The predicted molar refractivity (Wildman–Crippen MR) is 73.1 cm³/mol. The minimum Gasteiger partial charge on any atom is -0.486 e. The summed E-state index contributed by atoms with van der Waals surface area (Å²) in [5.74, 6) is 1.64. The normalized spacial score (nSPS) is 22.4. The summed E-state index contributed by atoms with van der Waals surface area (Å²) < 4.78 is 11.8. The van der Waals surface area contributed by atoms with Crippen molar-refractivity contribution in [1.82, 2.24) is 5.32 Å². The van der Waals surface area contributed by atoms with Gasteiger partial charge in [0.15, 0.2) is 11.5 Å². The molecular weight excluding hydrogens is 244 g/mol. The van der Waals surface area contributed by atoms with Crippen LogP contribution in [0.3, 0.4) is 0 Å². The molecule has 3 rings (SSSR count). The van der Waals surface area contributed by atoms with E-state index in [1.807, 2.05) is 12.1 Å². The Hall–Kier alpha value is -1.46. The van der Waals surface area contributed by atoms with Crippen molar-refractivity contribution in [2.75, 3.05) is 44.3 Å². The Morgan fingerprint density at radius 3 is 2.95 bits per heavy atom. The summed E-state index contributed by atoms with van der Waals surface area (Å²) in [5, 5.41) is 12.4. The van der Waals surface area contributed by atoms with E-state index in [1.165, 1.54) is 0 Å². The molecule has 2 N–H and O–H groups in total. The molecule has 1 aromatic rings. The molecular formula is C14H20N2O3. The Labute approximate surface area is 113 Å². The fourth-order valence-electron chi connectivity index (χ4n) is 2.56. The number of aliphatic hydroxyl groups excluding tert-OH is 1. The van der Waals surface area contributed by atoms with Gasteiger partial charge in [0.25, 0.3) is 0 Å². The van der Waals surface area contributed by atoms with Crippen molar-refractivity contribution >= 4 is 5.69 Å². The lowest BCUT2D eigenvalue weighted by Gasteiger charge is -2.34. The van der Waals surface area contributed by atoms with Crippen LogP contribution in [0.15, 0.2) is 18.2 Å². The van der Waals surface area contributed by atoms with Gasteiger partial charge in [-0.2, -0.15) is 0 Å². The molecule has 0 radical (unpaired) electrons. The molecule has 2 heterocycles. The number of rotatable bonds is 3. The van der Waals surface area contributed by atoms with Gasteiger partial charge < -0.3 is 24.8 Å². The van der Waals surface area contributed by atoms with Gasteiger partial charge >= 0.3 is 0 Å². The number of fused-ring (bicyclic) bond motifs is 1. The van der Waals surface area contributed by atoms with E-state index in [9.17, 15) is 0 Å². The van der Waals surface area contributed by atoms with E-state index in [4.69, 9.17) is 14.6 Å². The maximum absolute atomic E-state index is 9.03. The zero-order valence-corrected chi connectivity index (χ0v) is 11.0. The average Bonchev–Trinajstić information content (AvgIpc) is 2.48. The maximum atomic E-state index is 9.03. The zero-order valence-electron chi connectivity index (χ0n) is 11.0. The number of para-hydroxylation sites is 1. The average molecular weight is 264 g/mol. The van der Waals surface area contributed by atoms with Crippen molar-refractivity contribution in [3.05, 3.63) is 18.2 Å². The van der Waals surface area contributed by atoms with Gasteiger partial charge in [-0.05, 0) is 12.1 Å². The van der Waals surface area contributed by atoms with Crippen molar-refractivity contribution in [3.63, 3.8) is 0 Å². The quantitative estimate of drug-likeness (QED) is 0.838. The Balaban J connectivity index is 1.85. The highest BCUT2D eigenvalue weighted by Gasteiger charge is 2.25. The zero-order chi connectivity index (χ0) is 13.1. The molecule has 1 aromatic carbocycles. The van der Waals surface area contributed by atoms with E-state index < -0.39 is 0 Å². The molecule has 0 saturated carbocycles. The Morgan fingerprint density at radius 1 is 1.32 bits per heavy atom. The molecule has 0 aromatic heterocycles. The van der Waals surface area contributed by atoms with Gasteiger partial charge in [0.1, 0.15) is 12.7 Å². The molecule has 0 aliphatic carbocycles. The lowest BCUT2D eigenvalue weighted by atomic mass is 10.2. The summed E-state index contributed by atoms with van der Waals surface area (Å²) in [7, 11) is 0. The fraction of sp³-hybridized carbons (Fsp3) is 0.571. The Bertz CT molecular complexity index is 433. The topological polar surface area (TPSA) is 54.0 Å². The molecule has 1 fully saturated rings. The van der Waals surface area contributed by atoms with Gasteiger partial charge in [0, 0.05) is 39.2 Å². The molecule has 0 bridgehead atoms. The third kappa shape index (κ3) is 2.62.